The summed E-state index contributed by atoms with van der Waals surface area (Å²) in [6.07, 6.45) is 0.544. The van der Waals surface area contributed by atoms with Crippen LogP contribution in [0.3, 0.4) is 0 Å². The molecule has 1 aliphatic heterocycles. The predicted molar refractivity (Wildman–Crippen MR) is 70.9 cm³/mol. The number of nitro groups is 1. The molecule has 0 bridgehead atoms. The number of hydrogen-bond donors (Lipinski definition) is 1. The zero-order valence-corrected chi connectivity index (χ0v) is 12.2. The van der Waals surface area contributed by atoms with Gasteiger partial charge in [0.1, 0.15) is 0 Å². The number of hydrogen-bond acceptors (Lipinski definition) is 7. The van der Waals surface area contributed by atoms with Gasteiger partial charge in [-0.1, -0.05) is 0 Å². The highest BCUT2D eigenvalue weighted by molar-refractivity contribution is 6.15. The molecule has 1 saturated heterocycles. The van der Waals surface area contributed by atoms with Gasteiger partial charge >= 0.3 is 11.9 Å². The lowest BCUT2D eigenvalue weighted by molar-refractivity contribution is -0.384. The lowest BCUT2D eigenvalue weighted by atomic mass is 10.2. The molecule has 0 unspecified atom stereocenters. The highest BCUT2D eigenvalue weighted by Gasteiger charge is 2.39. The van der Waals surface area contributed by atoms with Crippen LogP contribution in [0.25, 0.3) is 0 Å². The third-order valence-electron chi connectivity index (χ3n) is 2.82. The fraction of sp³-hybridized carbons (Fsp3) is 0.231. The molecule has 0 radical (unpaired) electrons. The summed E-state index contributed by atoms with van der Waals surface area (Å²) in [5.74, 6) is -9.43. The van der Waals surface area contributed by atoms with Gasteiger partial charge in [-0.3, -0.25) is 10.1 Å². The first-order chi connectivity index (χ1) is 11.0. The molecular formula is C13H9F3N2O6. The van der Waals surface area contributed by atoms with E-state index in [0.29, 0.717) is 6.20 Å². The molecule has 1 aromatic carbocycles. The van der Waals surface area contributed by atoms with Crippen molar-refractivity contribution in [3.05, 3.63) is 45.4 Å². The second kappa shape index (κ2) is 5.83. The van der Waals surface area contributed by atoms with Gasteiger partial charge in [0.25, 0.3) is 11.5 Å². The Morgan fingerprint density at radius 2 is 1.71 bits per heavy atom. The van der Waals surface area contributed by atoms with E-state index in [0.717, 1.165) is 0 Å². The van der Waals surface area contributed by atoms with E-state index in [-0.39, 0.29) is 6.07 Å². The van der Waals surface area contributed by atoms with Crippen LogP contribution in [0.5, 0.6) is 0 Å². The quantitative estimate of drug-likeness (QED) is 0.223. The number of nitrogens with zero attached hydrogens (tertiary/aromatic N) is 1. The molecular weight excluding hydrogens is 337 g/mol. The van der Waals surface area contributed by atoms with Crippen LogP contribution >= 0.6 is 0 Å². The zero-order chi connectivity index (χ0) is 18.2. The Kier molecular flexibility index (Phi) is 4.19. The topological polar surface area (TPSA) is 108 Å². The Labute approximate surface area is 132 Å². The standard InChI is InChI=1S/C13H9F3N2O6/c1-13(2)23-11(19)5(12(20)24-13)4-17-10-7(18(21)22)3-6(14)8(15)9(10)16/h3-4,17H,1-2H3. The number of benzene rings is 1. The lowest BCUT2D eigenvalue weighted by Crippen LogP contribution is -2.42. The van der Waals surface area contributed by atoms with Crippen molar-refractivity contribution in [1.82, 2.24) is 0 Å². The number of rotatable bonds is 3. The molecule has 0 saturated carbocycles. The van der Waals surface area contributed by atoms with Crippen LogP contribution < -0.4 is 5.32 Å². The third-order valence-corrected chi connectivity index (χ3v) is 2.82. The molecule has 1 fully saturated rings. The van der Waals surface area contributed by atoms with Crippen LogP contribution in [0.4, 0.5) is 24.5 Å². The molecule has 11 heteroatoms. The molecule has 128 valence electrons. The van der Waals surface area contributed by atoms with Gasteiger partial charge < -0.3 is 14.8 Å². The van der Waals surface area contributed by atoms with E-state index in [1.807, 2.05) is 5.32 Å². The summed E-state index contributed by atoms with van der Waals surface area (Å²) in [6.45, 7) is 2.57. The number of ether oxygens (including phenoxy) is 2. The molecule has 0 aliphatic carbocycles. The minimum atomic E-state index is -1.96. The van der Waals surface area contributed by atoms with E-state index in [2.05, 4.69) is 0 Å². The Morgan fingerprint density at radius 1 is 1.17 bits per heavy atom. The zero-order valence-electron chi connectivity index (χ0n) is 12.2. The first kappa shape index (κ1) is 17.2. The summed E-state index contributed by atoms with van der Waals surface area (Å²) in [4.78, 5) is 33.0. The SMILES string of the molecule is CC1(C)OC(=O)C(=CNc2c([N+](=O)[O-])cc(F)c(F)c2F)C(=O)O1. The predicted octanol–water partition coefficient (Wildman–Crippen LogP) is 2.14. The maximum atomic E-state index is 13.7. The van der Waals surface area contributed by atoms with Crippen molar-refractivity contribution in [1.29, 1.82) is 0 Å². The summed E-state index contributed by atoms with van der Waals surface area (Å²) < 4.78 is 49.5. The molecule has 0 atom stereocenters. The Balaban J connectivity index is 2.42. The molecule has 1 aromatic rings. The lowest BCUT2D eigenvalue weighted by Gasteiger charge is -2.29. The third kappa shape index (κ3) is 3.14. The van der Waals surface area contributed by atoms with Crippen molar-refractivity contribution in [3.8, 4) is 0 Å². The van der Waals surface area contributed by atoms with E-state index in [1.54, 1.807) is 0 Å². The number of halogens is 3. The first-order valence-corrected chi connectivity index (χ1v) is 6.29. The summed E-state index contributed by atoms with van der Waals surface area (Å²) in [6, 6.07) is 0.153. The van der Waals surface area contributed by atoms with E-state index >= 15 is 0 Å². The van der Waals surface area contributed by atoms with Crippen LogP contribution in [-0.2, 0) is 19.1 Å². The average molecular weight is 346 g/mol. The number of nitrogens with one attached hydrogen (secondary N) is 1. The van der Waals surface area contributed by atoms with Gasteiger partial charge in [-0.15, -0.1) is 0 Å². The smallest absolute Gasteiger partial charge is 0.350 e. The van der Waals surface area contributed by atoms with Gasteiger partial charge in [-0.2, -0.15) is 0 Å². The molecule has 0 spiro atoms. The Morgan fingerprint density at radius 3 is 2.21 bits per heavy atom. The van der Waals surface area contributed by atoms with Crippen LogP contribution in [0.15, 0.2) is 17.8 Å². The highest BCUT2D eigenvalue weighted by Crippen LogP contribution is 2.31. The Hall–Kier alpha value is -3.11. The largest absolute Gasteiger partial charge is 0.419 e. The van der Waals surface area contributed by atoms with Crippen molar-refractivity contribution in [3.63, 3.8) is 0 Å². The number of anilines is 1. The van der Waals surface area contributed by atoms with Crippen molar-refractivity contribution >= 4 is 23.3 Å². The van der Waals surface area contributed by atoms with Gasteiger partial charge in [-0.25, -0.2) is 22.8 Å². The second-order valence-electron chi connectivity index (χ2n) is 5.02. The van der Waals surface area contributed by atoms with Crippen LogP contribution in [0.2, 0.25) is 0 Å². The average Bonchev–Trinajstić information content (AvgIpc) is 2.44. The fourth-order valence-corrected chi connectivity index (χ4v) is 1.79. The maximum Gasteiger partial charge on any atom is 0.350 e. The maximum absolute atomic E-state index is 13.7. The summed E-state index contributed by atoms with van der Waals surface area (Å²) >= 11 is 0. The molecule has 1 heterocycles. The monoisotopic (exact) mass is 346 g/mol. The van der Waals surface area contributed by atoms with Gasteiger partial charge in [-0.05, 0) is 0 Å². The molecule has 24 heavy (non-hydrogen) atoms. The Bertz CT molecular complexity index is 768. The fourth-order valence-electron chi connectivity index (χ4n) is 1.79. The van der Waals surface area contributed by atoms with Crippen LogP contribution in [0.1, 0.15) is 13.8 Å². The number of carbonyl (C=O) groups excluding carboxylic acids is 2. The number of cyclic esters (lactones) is 2. The number of carbonyl (C=O) groups is 2. The minimum absolute atomic E-state index is 0.153. The van der Waals surface area contributed by atoms with Crippen molar-refractivity contribution in [2.45, 2.75) is 19.6 Å². The molecule has 1 aliphatic rings. The van der Waals surface area contributed by atoms with Crippen molar-refractivity contribution < 1.29 is 37.2 Å². The number of nitro benzene ring substituents is 1. The van der Waals surface area contributed by atoms with Gasteiger partial charge in [0, 0.05) is 20.0 Å². The van der Waals surface area contributed by atoms with Crippen LogP contribution in [-0.4, -0.2) is 22.6 Å². The van der Waals surface area contributed by atoms with Gasteiger partial charge in [0.05, 0.1) is 11.0 Å². The van der Waals surface area contributed by atoms with Crippen LogP contribution in [0, 0.1) is 27.6 Å². The summed E-state index contributed by atoms with van der Waals surface area (Å²) in [5, 5.41) is 12.7. The first-order valence-electron chi connectivity index (χ1n) is 6.29. The van der Waals surface area contributed by atoms with E-state index < -0.39 is 57.0 Å². The molecule has 2 rings (SSSR count). The van der Waals surface area contributed by atoms with Gasteiger partial charge in [0.2, 0.25) is 0 Å². The number of esters is 2. The van der Waals surface area contributed by atoms with Crippen molar-refractivity contribution in [2.24, 2.45) is 0 Å². The highest BCUT2D eigenvalue weighted by atomic mass is 19.2. The van der Waals surface area contributed by atoms with E-state index in [1.165, 1.54) is 13.8 Å². The molecule has 1 N–H and O–H groups in total. The summed E-state index contributed by atoms with van der Waals surface area (Å²) in [5.41, 5.74) is -2.95. The second-order valence-corrected chi connectivity index (χ2v) is 5.02. The minimum Gasteiger partial charge on any atom is -0.419 e. The van der Waals surface area contributed by atoms with E-state index in [9.17, 15) is 32.9 Å². The summed E-state index contributed by atoms with van der Waals surface area (Å²) in [7, 11) is 0. The molecule has 8 nitrogen and oxygen atoms in total. The van der Waals surface area contributed by atoms with Crippen molar-refractivity contribution in [2.75, 3.05) is 5.32 Å². The molecule has 0 amide bonds. The molecule has 0 aromatic heterocycles. The normalized spacial score (nSPS) is 16.3. The van der Waals surface area contributed by atoms with E-state index in [4.69, 9.17) is 9.47 Å². The van der Waals surface area contributed by atoms with Gasteiger partial charge in [0.15, 0.2) is 28.7 Å².